The maximum absolute atomic E-state index is 10.7. The van der Waals surface area contributed by atoms with Gasteiger partial charge in [-0.2, -0.15) is 0 Å². The van der Waals surface area contributed by atoms with Crippen LogP contribution >= 0.6 is 27.5 Å². The fourth-order valence-electron chi connectivity index (χ4n) is 1.39. The Labute approximate surface area is 127 Å². The summed E-state index contributed by atoms with van der Waals surface area (Å²) < 4.78 is 5.99. The number of nitro benzene ring substituents is 1. The smallest absolute Gasteiger partial charge is 0.273 e. The Balaban J connectivity index is 2.39. The van der Waals surface area contributed by atoms with E-state index in [0.29, 0.717) is 10.3 Å². The van der Waals surface area contributed by atoms with E-state index in [1.54, 1.807) is 7.05 Å². The Morgan fingerprint density at radius 1 is 1.45 bits per heavy atom. The number of halogens is 2. The van der Waals surface area contributed by atoms with Crippen LogP contribution in [0.1, 0.15) is 0 Å². The molecule has 9 heteroatoms. The van der Waals surface area contributed by atoms with Crippen molar-refractivity contribution in [2.24, 2.45) is 0 Å². The van der Waals surface area contributed by atoms with Crippen LogP contribution in [0.25, 0.3) is 0 Å². The molecule has 2 rings (SSSR count). The zero-order chi connectivity index (χ0) is 14.7. The number of rotatable bonds is 4. The zero-order valence-corrected chi connectivity index (χ0v) is 12.5. The number of anilines is 1. The van der Waals surface area contributed by atoms with Gasteiger partial charge in [-0.15, -0.1) is 0 Å². The molecule has 20 heavy (non-hydrogen) atoms. The third-order valence-corrected chi connectivity index (χ3v) is 3.35. The normalized spacial score (nSPS) is 10.2. The fraction of sp³-hybridized carbons (Fsp3) is 0.0909. The lowest BCUT2D eigenvalue weighted by molar-refractivity contribution is -0.384. The largest absolute Gasteiger partial charge is 0.436 e. The molecule has 0 saturated carbocycles. The average molecular weight is 360 g/mol. The summed E-state index contributed by atoms with van der Waals surface area (Å²) >= 11 is 9.24. The number of nitro groups is 1. The zero-order valence-electron chi connectivity index (χ0n) is 10.1. The summed E-state index contributed by atoms with van der Waals surface area (Å²) in [5.41, 5.74) is -0.122. The summed E-state index contributed by atoms with van der Waals surface area (Å²) in [6.45, 7) is 0. The van der Waals surface area contributed by atoms with Crippen molar-refractivity contribution in [2.45, 2.75) is 0 Å². The van der Waals surface area contributed by atoms with Crippen molar-refractivity contribution in [3.63, 3.8) is 0 Å². The number of non-ortho nitro benzene ring substituents is 1. The van der Waals surface area contributed by atoms with Crippen molar-refractivity contribution in [1.29, 1.82) is 0 Å². The van der Waals surface area contributed by atoms with E-state index in [1.807, 2.05) is 0 Å². The van der Waals surface area contributed by atoms with E-state index in [2.05, 4.69) is 31.2 Å². The van der Waals surface area contributed by atoms with Gasteiger partial charge in [0.15, 0.2) is 5.75 Å². The summed E-state index contributed by atoms with van der Waals surface area (Å²) in [6.07, 6.45) is 1.30. The minimum atomic E-state index is -0.531. The molecule has 0 unspecified atom stereocenters. The molecule has 1 aromatic heterocycles. The highest BCUT2D eigenvalue weighted by Gasteiger charge is 2.15. The van der Waals surface area contributed by atoms with Gasteiger partial charge in [0.25, 0.3) is 5.69 Å². The second-order valence-electron chi connectivity index (χ2n) is 3.57. The van der Waals surface area contributed by atoms with Gasteiger partial charge in [-0.25, -0.2) is 9.97 Å². The number of ether oxygens (including phenoxy) is 1. The van der Waals surface area contributed by atoms with Gasteiger partial charge in [-0.05, 0) is 22.0 Å². The van der Waals surface area contributed by atoms with Crippen LogP contribution < -0.4 is 10.1 Å². The van der Waals surface area contributed by atoms with Crippen molar-refractivity contribution < 1.29 is 9.66 Å². The molecule has 0 spiro atoms. The van der Waals surface area contributed by atoms with Gasteiger partial charge in [0.1, 0.15) is 16.6 Å². The van der Waals surface area contributed by atoms with Gasteiger partial charge in [0.05, 0.1) is 16.0 Å². The summed E-state index contributed by atoms with van der Waals surface area (Å²) in [5.74, 6) is 0.866. The van der Waals surface area contributed by atoms with Crippen LogP contribution in [-0.2, 0) is 0 Å². The van der Waals surface area contributed by atoms with Gasteiger partial charge in [-0.3, -0.25) is 10.1 Å². The number of nitrogens with one attached hydrogen (secondary N) is 1. The van der Waals surface area contributed by atoms with Crippen LogP contribution in [0.4, 0.5) is 11.5 Å². The Kier molecular flexibility index (Phi) is 4.35. The predicted molar refractivity (Wildman–Crippen MR) is 77.5 cm³/mol. The summed E-state index contributed by atoms with van der Waals surface area (Å²) in [7, 11) is 1.69. The Hall–Kier alpha value is -1.93. The van der Waals surface area contributed by atoms with Gasteiger partial charge in [0.2, 0.25) is 5.88 Å². The lowest BCUT2D eigenvalue weighted by atomic mass is 10.3. The molecule has 0 amide bonds. The molecule has 0 saturated heterocycles. The Bertz CT molecular complexity index is 668. The minimum Gasteiger partial charge on any atom is -0.436 e. The third-order valence-electron chi connectivity index (χ3n) is 2.33. The number of hydrogen-bond acceptors (Lipinski definition) is 6. The molecule has 1 aromatic carbocycles. The molecule has 0 aliphatic heterocycles. The molecule has 1 N–H and O–H groups in total. The molecular formula is C11H8BrClN4O3. The van der Waals surface area contributed by atoms with E-state index in [0.717, 1.165) is 0 Å². The summed E-state index contributed by atoms with van der Waals surface area (Å²) in [6, 6.07) is 3.92. The van der Waals surface area contributed by atoms with E-state index in [4.69, 9.17) is 16.3 Å². The van der Waals surface area contributed by atoms with Gasteiger partial charge >= 0.3 is 0 Å². The summed E-state index contributed by atoms with van der Waals surface area (Å²) in [5, 5.41) is 13.8. The van der Waals surface area contributed by atoms with E-state index >= 15 is 0 Å². The first kappa shape index (κ1) is 14.5. The number of nitrogens with zero attached hydrogens (tertiary/aromatic N) is 3. The highest BCUT2D eigenvalue weighted by molar-refractivity contribution is 9.10. The maximum atomic E-state index is 10.7. The first-order chi connectivity index (χ1) is 9.52. The van der Waals surface area contributed by atoms with Crippen LogP contribution in [0.15, 0.2) is 29.0 Å². The van der Waals surface area contributed by atoms with E-state index in [9.17, 15) is 10.1 Å². The van der Waals surface area contributed by atoms with Gasteiger partial charge in [0, 0.05) is 13.1 Å². The highest BCUT2D eigenvalue weighted by Crippen LogP contribution is 2.36. The monoisotopic (exact) mass is 358 g/mol. The van der Waals surface area contributed by atoms with E-state index in [-0.39, 0.29) is 22.3 Å². The second-order valence-corrected chi connectivity index (χ2v) is 4.77. The maximum Gasteiger partial charge on any atom is 0.273 e. The van der Waals surface area contributed by atoms with Crippen LogP contribution in [0, 0.1) is 10.1 Å². The molecule has 0 aliphatic rings. The molecule has 1 heterocycles. The first-order valence-corrected chi connectivity index (χ1v) is 6.50. The quantitative estimate of drug-likeness (QED) is 0.662. The highest BCUT2D eigenvalue weighted by atomic mass is 79.9. The molecular weight excluding hydrogens is 352 g/mol. The standard InChI is InChI=1S/C11H8BrClN4O3/c1-14-10-9(12)11(16-5-15-10)20-8-4-6(17(18)19)2-3-7(8)13/h2-5H,1H3,(H,14,15,16). The fourth-order valence-corrected chi connectivity index (χ4v) is 2.03. The second kappa shape index (κ2) is 6.02. The van der Waals surface area contributed by atoms with Crippen molar-refractivity contribution >= 4 is 39.0 Å². The molecule has 2 aromatic rings. The topological polar surface area (TPSA) is 90.2 Å². The lowest BCUT2D eigenvalue weighted by Crippen LogP contribution is -1.98. The first-order valence-electron chi connectivity index (χ1n) is 5.33. The van der Waals surface area contributed by atoms with Crippen molar-refractivity contribution in [3.05, 3.63) is 44.1 Å². The Morgan fingerprint density at radius 3 is 2.85 bits per heavy atom. The van der Waals surface area contributed by atoms with Crippen LogP contribution in [0.2, 0.25) is 5.02 Å². The molecule has 0 bridgehead atoms. The van der Waals surface area contributed by atoms with Crippen molar-refractivity contribution in [2.75, 3.05) is 12.4 Å². The van der Waals surface area contributed by atoms with Gasteiger partial charge in [-0.1, -0.05) is 11.6 Å². The van der Waals surface area contributed by atoms with Gasteiger partial charge < -0.3 is 10.1 Å². The van der Waals surface area contributed by atoms with Crippen LogP contribution in [0.3, 0.4) is 0 Å². The molecule has 0 fully saturated rings. The SMILES string of the molecule is CNc1ncnc(Oc2cc([N+](=O)[O-])ccc2Cl)c1Br. The summed E-state index contributed by atoms with van der Waals surface area (Å²) in [4.78, 5) is 18.1. The van der Waals surface area contributed by atoms with E-state index in [1.165, 1.54) is 24.5 Å². The molecule has 104 valence electrons. The van der Waals surface area contributed by atoms with Crippen LogP contribution in [-0.4, -0.2) is 21.9 Å². The average Bonchev–Trinajstić information content (AvgIpc) is 2.43. The minimum absolute atomic E-state index is 0.122. The van der Waals surface area contributed by atoms with Crippen LogP contribution in [0.5, 0.6) is 11.6 Å². The number of benzene rings is 1. The molecule has 0 aliphatic carbocycles. The molecule has 0 radical (unpaired) electrons. The van der Waals surface area contributed by atoms with E-state index < -0.39 is 4.92 Å². The molecule has 7 nitrogen and oxygen atoms in total. The Morgan fingerprint density at radius 2 is 2.20 bits per heavy atom. The number of aromatic nitrogens is 2. The molecule has 0 atom stereocenters. The third kappa shape index (κ3) is 2.97. The number of hydrogen-bond donors (Lipinski definition) is 1. The van der Waals surface area contributed by atoms with Crippen molar-refractivity contribution in [1.82, 2.24) is 9.97 Å². The predicted octanol–water partition coefficient (Wildman–Crippen LogP) is 3.63. The van der Waals surface area contributed by atoms with Crippen molar-refractivity contribution in [3.8, 4) is 11.6 Å². The lowest BCUT2D eigenvalue weighted by Gasteiger charge is -2.09.